The Balaban J connectivity index is 0. The van der Waals surface area contributed by atoms with Crippen molar-refractivity contribution in [3.63, 3.8) is 0 Å². The summed E-state index contributed by atoms with van der Waals surface area (Å²) in [5, 5.41) is 46.0. The molecule has 1 aliphatic rings. The first-order valence-electron chi connectivity index (χ1n) is 4.02. The number of rotatable bonds is 3. The van der Waals surface area contributed by atoms with Crippen LogP contribution in [0.25, 0.3) is 0 Å². The van der Waals surface area contributed by atoms with Crippen LogP contribution in [0.3, 0.4) is 0 Å². The SMILES string of the molecule is O=C(O)O.OCC(O)CO.OCC1CO1. The van der Waals surface area contributed by atoms with Crippen molar-refractivity contribution in [3.8, 4) is 0 Å². The van der Waals surface area contributed by atoms with Gasteiger partial charge < -0.3 is 35.4 Å². The molecule has 0 amide bonds. The average molecular weight is 228 g/mol. The van der Waals surface area contributed by atoms with Crippen LogP contribution in [0.1, 0.15) is 0 Å². The van der Waals surface area contributed by atoms with Gasteiger partial charge in [0.25, 0.3) is 0 Å². The first-order valence-corrected chi connectivity index (χ1v) is 4.02. The number of carbonyl (C=O) groups is 1. The lowest BCUT2D eigenvalue weighted by atomic mass is 10.4. The van der Waals surface area contributed by atoms with Crippen molar-refractivity contribution in [2.24, 2.45) is 0 Å². The molecule has 1 atom stereocenters. The van der Waals surface area contributed by atoms with Crippen LogP contribution in [0.5, 0.6) is 0 Å². The molecule has 0 aromatic carbocycles. The first kappa shape index (κ1) is 16.5. The quantitative estimate of drug-likeness (QED) is 0.301. The fraction of sp³-hybridized carbons (Fsp3) is 0.857. The highest BCUT2D eigenvalue weighted by Crippen LogP contribution is 2.04. The van der Waals surface area contributed by atoms with Gasteiger partial charge in [-0.15, -0.1) is 0 Å². The van der Waals surface area contributed by atoms with Crippen LogP contribution in [0.4, 0.5) is 4.79 Å². The third kappa shape index (κ3) is 24.6. The molecule has 1 fully saturated rings. The molecule has 15 heavy (non-hydrogen) atoms. The molecule has 1 aliphatic heterocycles. The van der Waals surface area contributed by atoms with Gasteiger partial charge in [0.15, 0.2) is 0 Å². The molecule has 0 saturated carbocycles. The van der Waals surface area contributed by atoms with Gasteiger partial charge in [0.05, 0.1) is 26.4 Å². The Hall–Kier alpha value is -0.930. The Morgan fingerprint density at radius 3 is 1.60 bits per heavy atom. The minimum atomic E-state index is -1.83. The van der Waals surface area contributed by atoms with Gasteiger partial charge in [-0.3, -0.25) is 0 Å². The van der Waals surface area contributed by atoms with E-state index < -0.39 is 12.3 Å². The molecule has 1 heterocycles. The van der Waals surface area contributed by atoms with Gasteiger partial charge in [-0.25, -0.2) is 4.79 Å². The van der Waals surface area contributed by atoms with Crippen molar-refractivity contribution in [1.29, 1.82) is 0 Å². The van der Waals surface area contributed by atoms with Gasteiger partial charge in [0, 0.05) is 0 Å². The molecule has 1 saturated heterocycles. The number of epoxide rings is 1. The topological polar surface area (TPSA) is 151 Å². The normalized spacial score (nSPS) is 17.0. The molecule has 92 valence electrons. The van der Waals surface area contributed by atoms with Gasteiger partial charge in [0.2, 0.25) is 0 Å². The summed E-state index contributed by atoms with van der Waals surface area (Å²) in [6.07, 6.45) is -2.60. The number of ether oxygens (including phenoxy) is 1. The van der Waals surface area contributed by atoms with Crippen molar-refractivity contribution in [1.82, 2.24) is 0 Å². The summed E-state index contributed by atoms with van der Waals surface area (Å²) >= 11 is 0. The number of aliphatic hydroxyl groups is 4. The number of carboxylic acid groups (broad SMARTS) is 2. The molecule has 8 heteroatoms. The van der Waals surface area contributed by atoms with E-state index >= 15 is 0 Å². The fourth-order valence-electron chi connectivity index (χ4n) is 0.231. The molecule has 0 aliphatic carbocycles. The van der Waals surface area contributed by atoms with E-state index in [0.717, 1.165) is 6.61 Å². The lowest BCUT2D eigenvalue weighted by molar-refractivity contribution is 0.0450. The van der Waals surface area contributed by atoms with Crippen molar-refractivity contribution in [2.75, 3.05) is 26.4 Å². The lowest BCUT2D eigenvalue weighted by Crippen LogP contribution is -2.15. The average Bonchev–Trinajstić information content (AvgIpc) is 2.99. The summed E-state index contributed by atoms with van der Waals surface area (Å²) in [5.74, 6) is 0. The van der Waals surface area contributed by atoms with Crippen molar-refractivity contribution >= 4 is 6.16 Å². The maximum Gasteiger partial charge on any atom is 0.503 e. The zero-order valence-electron chi connectivity index (χ0n) is 7.98. The Morgan fingerprint density at radius 2 is 1.60 bits per heavy atom. The summed E-state index contributed by atoms with van der Waals surface area (Å²) in [5.41, 5.74) is 0. The minimum Gasteiger partial charge on any atom is -0.450 e. The third-order valence-electron chi connectivity index (χ3n) is 1.03. The maximum absolute atomic E-state index is 8.56. The zero-order chi connectivity index (χ0) is 12.3. The molecular formula is C7H16O8. The van der Waals surface area contributed by atoms with Gasteiger partial charge >= 0.3 is 6.16 Å². The molecule has 1 unspecified atom stereocenters. The van der Waals surface area contributed by atoms with Gasteiger partial charge in [-0.2, -0.15) is 0 Å². The van der Waals surface area contributed by atoms with Gasteiger partial charge in [-0.05, 0) is 0 Å². The Bertz CT molecular complexity index is 138. The summed E-state index contributed by atoms with van der Waals surface area (Å²) in [7, 11) is 0. The Morgan fingerprint density at radius 1 is 1.27 bits per heavy atom. The van der Waals surface area contributed by atoms with E-state index in [2.05, 4.69) is 4.74 Å². The molecule has 6 N–H and O–H groups in total. The molecule has 0 spiro atoms. The van der Waals surface area contributed by atoms with E-state index in [4.69, 9.17) is 35.4 Å². The molecule has 0 bridgehead atoms. The summed E-state index contributed by atoms with van der Waals surface area (Å²) in [6, 6.07) is 0. The molecule has 0 radical (unpaired) electrons. The molecule has 1 rings (SSSR count). The van der Waals surface area contributed by atoms with Crippen LogP contribution in [-0.2, 0) is 4.74 Å². The second-order valence-electron chi connectivity index (χ2n) is 2.44. The summed E-state index contributed by atoms with van der Waals surface area (Å²) < 4.78 is 4.61. The van der Waals surface area contributed by atoms with E-state index in [1.54, 1.807) is 0 Å². The Kier molecular flexibility index (Phi) is 12.3. The molecular weight excluding hydrogens is 212 g/mol. The molecule has 0 aromatic heterocycles. The standard InChI is InChI=1S/C3H8O3.C3H6O2.CH2O3/c4-1-3(6)2-5;4-1-3-2-5-3;2-1(3)4/h3-6H,1-2H2;3-4H,1-2H2;(H2,2,3,4). The number of hydrogen-bond acceptors (Lipinski definition) is 6. The van der Waals surface area contributed by atoms with Crippen molar-refractivity contribution in [2.45, 2.75) is 12.2 Å². The molecule has 8 nitrogen and oxygen atoms in total. The van der Waals surface area contributed by atoms with Gasteiger partial charge in [-0.1, -0.05) is 0 Å². The van der Waals surface area contributed by atoms with E-state index in [9.17, 15) is 0 Å². The highest BCUT2D eigenvalue weighted by atomic mass is 16.6. The predicted molar refractivity (Wildman–Crippen MR) is 47.7 cm³/mol. The highest BCUT2D eigenvalue weighted by molar-refractivity contribution is 5.53. The lowest BCUT2D eigenvalue weighted by Gasteiger charge is -1.96. The van der Waals surface area contributed by atoms with Crippen LogP contribution in [0.15, 0.2) is 0 Å². The monoisotopic (exact) mass is 228 g/mol. The van der Waals surface area contributed by atoms with E-state index in [1.807, 2.05) is 0 Å². The van der Waals surface area contributed by atoms with E-state index in [1.165, 1.54) is 0 Å². The first-order chi connectivity index (χ1) is 6.97. The maximum atomic E-state index is 8.56. The Labute approximate surface area is 86.0 Å². The van der Waals surface area contributed by atoms with Crippen LogP contribution >= 0.6 is 0 Å². The summed E-state index contributed by atoms with van der Waals surface area (Å²) in [4.78, 5) is 8.56. The smallest absolute Gasteiger partial charge is 0.450 e. The third-order valence-corrected chi connectivity index (χ3v) is 1.03. The highest BCUT2D eigenvalue weighted by Gasteiger charge is 2.19. The summed E-state index contributed by atoms with van der Waals surface area (Å²) in [6.45, 7) is 0.226. The zero-order valence-corrected chi connectivity index (χ0v) is 7.98. The van der Waals surface area contributed by atoms with Crippen molar-refractivity contribution in [3.05, 3.63) is 0 Å². The minimum absolute atomic E-state index is 0.190. The molecule has 0 aromatic rings. The van der Waals surface area contributed by atoms with Gasteiger partial charge in [0.1, 0.15) is 12.2 Å². The van der Waals surface area contributed by atoms with Crippen LogP contribution in [0.2, 0.25) is 0 Å². The largest absolute Gasteiger partial charge is 0.503 e. The van der Waals surface area contributed by atoms with Crippen LogP contribution < -0.4 is 0 Å². The van der Waals surface area contributed by atoms with Crippen molar-refractivity contribution < 1.29 is 40.2 Å². The second kappa shape index (κ2) is 11.1. The fourth-order valence-corrected chi connectivity index (χ4v) is 0.231. The predicted octanol–water partition coefficient (Wildman–Crippen LogP) is -2.07. The van der Waals surface area contributed by atoms with Crippen LogP contribution in [-0.4, -0.2) is 75.4 Å². The number of hydrogen-bond donors (Lipinski definition) is 6. The van der Waals surface area contributed by atoms with E-state index in [-0.39, 0.29) is 25.9 Å². The second-order valence-corrected chi connectivity index (χ2v) is 2.44. The number of aliphatic hydroxyl groups excluding tert-OH is 4. The van der Waals surface area contributed by atoms with E-state index in [0.29, 0.717) is 0 Å². The van der Waals surface area contributed by atoms with Crippen LogP contribution in [0, 0.1) is 0 Å².